The Labute approximate surface area is 186 Å². The first-order valence-corrected chi connectivity index (χ1v) is 10.9. The van der Waals surface area contributed by atoms with E-state index in [-0.39, 0.29) is 17.7 Å². The Hall–Kier alpha value is -3.61. The van der Waals surface area contributed by atoms with Crippen molar-refractivity contribution in [2.45, 2.75) is 18.8 Å². The fourth-order valence-electron chi connectivity index (χ4n) is 3.99. The zero-order valence-corrected chi connectivity index (χ0v) is 18.0. The Morgan fingerprint density at radius 3 is 2.12 bits per heavy atom. The van der Waals surface area contributed by atoms with E-state index in [1.165, 1.54) is 0 Å². The van der Waals surface area contributed by atoms with E-state index in [1.807, 2.05) is 30.3 Å². The lowest BCUT2D eigenvalue weighted by Crippen LogP contribution is -2.50. The van der Waals surface area contributed by atoms with E-state index in [2.05, 4.69) is 4.98 Å². The molecule has 0 bridgehead atoms. The normalized spacial score (nSPS) is 16.2. The molecule has 0 N–H and O–H groups in total. The molecule has 164 valence electrons. The molecule has 0 atom stereocenters. The molecule has 32 heavy (non-hydrogen) atoms. The average molecular weight is 431 g/mol. The standard InChI is InChI=1S/C25H25N3O4/c1-31-20-11-9-19(10-12-20)24(29)27-13-15-28(16-14-27)25(30)21-22(17-7-8-17)32-23(26-21)18-5-3-2-4-6-18/h2-6,9-12,17H,7-8,13-16H2,1H3. The highest BCUT2D eigenvalue weighted by molar-refractivity contribution is 5.96. The van der Waals surface area contributed by atoms with Crippen LogP contribution in [0.1, 0.15) is 45.4 Å². The Morgan fingerprint density at radius 1 is 0.906 bits per heavy atom. The number of benzene rings is 2. The number of methoxy groups -OCH3 is 1. The van der Waals surface area contributed by atoms with Crippen molar-refractivity contribution in [3.05, 3.63) is 71.6 Å². The van der Waals surface area contributed by atoms with E-state index in [0.717, 1.165) is 18.4 Å². The summed E-state index contributed by atoms with van der Waals surface area (Å²) in [4.78, 5) is 34.3. The largest absolute Gasteiger partial charge is 0.497 e. The van der Waals surface area contributed by atoms with E-state index in [1.54, 1.807) is 41.2 Å². The number of aromatic nitrogens is 1. The lowest BCUT2D eigenvalue weighted by atomic mass is 10.1. The number of rotatable bonds is 5. The van der Waals surface area contributed by atoms with Crippen LogP contribution in [0.3, 0.4) is 0 Å². The van der Waals surface area contributed by atoms with Crippen molar-refractivity contribution >= 4 is 11.8 Å². The van der Waals surface area contributed by atoms with Gasteiger partial charge in [0.1, 0.15) is 11.5 Å². The summed E-state index contributed by atoms with van der Waals surface area (Å²) in [5.74, 6) is 2.03. The van der Waals surface area contributed by atoms with Crippen molar-refractivity contribution in [3.8, 4) is 17.2 Å². The van der Waals surface area contributed by atoms with Gasteiger partial charge in [0.2, 0.25) is 5.89 Å². The first kappa shape index (κ1) is 20.3. The van der Waals surface area contributed by atoms with Gasteiger partial charge in [-0.3, -0.25) is 9.59 Å². The van der Waals surface area contributed by atoms with Gasteiger partial charge in [0.25, 0.3) is 11.8 Å². The summed E-state index contributed by atoms with van der Waals surface area (Å²) >= 11 is 0. The van der Waals surface area contributed by atoms with Crippen LogP contribution in [-0.2, 0) is 0 Å². The molecule has 1 aliphatic heterocycles. The van der Waals surface area contributed by atoms with Gasteiger partial charge in [-0.2, -0.15) is 0 Å². The molecule has 3 aromatic rings. The molecule has 2 aromatic carbocycles. The van der Waals surface area contributed by atoms with Gasteiger partial charge in [0.05, 0.1) is 7.11 Å². The maximum absolute atomic E-state index is 13.3. The van der Waals surface area contributed by atoms with Crippen LogP contribution < -0.4 is 4.74 Å². The van der Waals surface area contributed by atoms with Crippen molar-refractivity contribution in [1.82, 2.24) is 14.8 Å². The molecule has 2 heterocycles. The first-order chi connectivity index (χ1) is 15.6. The van der Waals surface area contributed by atoms with Crippen molar-refractivity contribution in [1.29, 1.82) is 0 Å². The minimum Gasteiger partial charge on any atom is -0.497 e. The Balaban J connectivity index is 1.28. The van der Waals surface area contributed by atoms with Crippen LogP contribution in [-0.4, -0.2) is 59.9 Å². The SMILES string of the molecule is COc1ccc(C(=O)N2CCN(C(=O)c3nc(-c4ccccc4)oc3C3CC3)CC2)cc1. The van der Waals surface area contributed by atoms with Crippen molar-refractivity contribution in [2.75, 3.05) is 33.3 Å². The van der Waals surface area contributed by atoms with Crippen molar-refractivity contribution in [2.24, 2.45) is 0 Å². The van der Waals surface area contributed by atoms with E-state index in [4.69, 9.17) is 9.15 Å². The van der Waals surface area contributed by atoms with Gasteiger partial charge in [0, 0.05) is 43.2 Å². The summed E-state index contributed by atoms with van der Waals surface area (Å²) in [6.45, 7) is 1.91. The predicted molar refractivity (Wildman–Crippen MR) is 119 cm³/mol. The zero-order valence-electron chi connectivity index (χ0n) is 18.0. The van der Waals surface area contributed by atoms with Crippen molar-refractivity contribution < 1.29 is 18.7 Å². The van der Waals surface area contributed by atoms with Crippen LogP contribution in [0.4, 0.5) is 0 Å². The van der Waals surface area contributed by atoms with Crippen LogP contribution >= 0.6 is 0 Å². The molecule has 0 unspecified atom stereocenters. The lowest BCUT2D eigenvalue weighted by Gasteiger charge is -2.34. The van der Waals surface area contributed by atoms with Crippen LogP contribution in [0.5, 0.6) is 5.75 Å². The molecule has 0 radical (unpaired) electrons. The maximum atomic E-state index is 13.3. The molecule has 1 saturated heterocycles. The molecule has 7 nitrogen and oxygen atoms in total. The third kappa shape index (κ3) is 3.98. The highest BCUT2D eigenvalue weighted by Gasteiger charge is 2.36. The number of ether oxygens (including phenoxy) is 1. The molecule has 1 saturated carbocycles. The predicted octanol–water partition coefficient (Wildman–Crippen LogP) is 3.83. The Morgan fingerprint density at radius 2 is 1.53 bits per heavy atom. The zero-order chi connectivity index (χ0) is 22.1. The monoisotopic (exact) mass is 431 g/mol. The molecule has 7 heteroatoms. The third-order valence-corrected chi connectivity index (χ3v) is 6.02. The second-order valence-corrected chi connectivity index (χ2v) is 8.19. The maximum Gasteiger partial charge on any atom is 0.276 e. The summed E-state index contributed by atoms with van der Waals surface area (Å²) in [7, 11) is 1.60. The fourth-order valence-corrected chi connectivity index (χ4v) is 3.99. The lowest BCUT2D eigenvalue weighted by molar-refractivity contribution is 0.0531. The van der Waals surface area contributed by atoms with Gasteiger partial charge in [0.15, 0.2) is 5.69 Å². The van der Waals surface area contributed by atoms with Gasteiger partial charge >= 0.3 is 0 Å². The van der Waals surface area contributed by atoms with Gasteiger partial charge in [-0.15, -0.1) is 0 Å². The van der Waals surface area contributed by atoms with E-state index in [0.29, 0.717) is 54.8 Å². The number of piperazine rings is 1. The summed E-state index contributed by atoms with van der Waals surface area (Å²) in [6.07, 6.45) is 2.04. The van der Waals surface area contributed by atoms with Gasteiger partial charge in [-0.1, -0.05) is 18.2 Å². The van der Waals surface area contributed by atoms with Crippen LogP contribution in [0, 0.1) is 0 Å². The number of nitrogens with zero attached hydrogens (tertiary/aromatic N) is 3. The molecular weight excluding hydrogens is 406 g/mol. The summed E-state index contributed by atoms with van der Waals surface area (Å²) in [5.41, 5.74) is 1.90. The third-order valence-electron chi connectivity index (χ3n) is 6.02. The van der Waals surface area contributed by atoms with Crippen LogP contribution in [0.25, 0.3) is 11.5 Å². The van der Waals surface area contributed by atoms with Gasteiger partial charge < -0.3 is 19.0 Å². The molecule has 1 aliphatic carbocycles. The molecule has 2 fully saturated rings. The molecule has 2 amide bonds. The Kier molecular flexibility index (Phi) is 5.39. The number of hydrogen-bond donors (Lipinski definition) is 0. The van der Waals surface area contributed by atoms with Crippen LogP contribution in [0.2, 0.25) is 0 Å². The topological polar surface area (TPSA) is 75.9 Å². The number of hydrogen-bond acceptors (Lipinski definition) is 5. The van der Waals surface area contributed by atoms with Crippen molar-refractivity contribution in [3.63, 3.8) is 0 Å². The van der Waals surface area contributed by atoms with Crippen LogP contribution in [0.15, 0.2) is 59.0 Å². The average Bonchev–Trinajstić information content (AvgIpc) is 3.61. The molecule has 5 rings (SSSR count). The summed E-state index contributed by atoms with van der Waals surface area (Å²) in [6, 6.07) is 16.7. The van der Waals surface area contributed by atoms with E-state index >= 15 is 0 Å². The fraction of sp³-hybridized carbons (Fsp3) is 0.320. The highest BCUT2D eigenvalue weighted by atomic mass is 16.5. The summed E-state index contributed by atoms with van der Waals surface area (Å²) in [5, 5.41) is 0. The van der Waals surface area contributed by atoms with Gasteiger partial charge in [-0.05, 0) is 49.2 Å². The highest BCUT2D eigenvalue weighted by Crippen LogP contribution is 2.43. The van der Waals surface area contributed by atoms with E-state index < -0.39 is 0 Å². The second kappa shape index (κ2) is 8.49. The second-order valence-electron chi connectivity index (χ2n) is 8.19. The molecule has 1 aromatic heterocycles. The Bertz CT molecular complexity index is 1110. The van der Waals surface area contributed by atoms with E-state index in [9.17, 15) is 9.59 Å². The number of carbonyl (C=O) groups excluding carboxylic acids is 2. The minimum absolute atomic E-state index is 0.0359. The molecule has 0 spiro atoms. The smallest absolute Gasteiger partial charge is 0.276 e. The number of amides is 2. The molecular formula is C25H25N3O4. The number of oxazole rings is 1. The quantitative estimate of drug-likeness (QED) is 0.614. The minimum atomic E-state index is -0.116. The first-order valence-electron chi connectivity index (χ1n) is 10.9. The number of carbonyl (C=O) groups is 2. The van der Waals surface area contributed by atoms with Gasteiger partial charge in [-0.25, -0.2) is 4.98 Å². The summed E-state index contributed by atoms with van der Waals surface area (Å²) < 4.78 is 11.2. The molecule has 2 aliphatic rings.